The lowest BCUT2D eigenvalue weighted by Crippen LogP contribution is -2.50. The lowest BCUT2D eigenvalue weighted by molar-refractivity contribution is -0.910. The van der Waals surface area contributed by atoms with Crippen molar-refractivity contribution in [3.05, 3.63) is 25.3 Å². The molecular formula is C13H26NO3+. The predicted octanol–water partition coefficient (Wildman–Crippen LogP) is 0.831. The van der Waals surface area contributed by atoms with Gasteiger partial charge in [-0.25, -0.2) is 0 Å². The van der Waals surface area contributed by atoms with Gasteiger partial charge in [0.25, 0.3) is 0 Å². The van der Waals surface area contributed by atoms with Crippen molar-refractivity contribution in [2.75, 3.05) is 59.7 Å². The van der Waals surface area contributed by atoms with Crippen molar-refractivity contribution < 1.29 is 19.1 Å². The van der Waals surface area contributed by atoms with Crippen molar-refractivity contribution in [2.45, 2.75) is 0 Å². The number of nitrogens with zero attached hydrogens (tertiary/aromatic N) is 1. The van der Waals surface area contributed by atoms with Gasteiger partial charge in [0.15, 0.2) is 0 Å². The quantitative estimate of drug-likeness (QED) is 0.314. The molecule has 0 radical (unpaired) electrons. The van der Waals surface area contributed by atoms with E-state index in [1.807, 2.05) is 0 Å². The van der Waals surface area contributed by atoms with Crippen molar-refractivity contribution in [3.63, 3.8) is 0 Å². The van der Waals surface area contributed by atoms with Crippen LogP contribution in [0, 0.1) is 0 Å². The summed E-state index contributed by atoms with van der Waals surface area (Å²) in [5.74, 6) is 0. The molecule has 0 aromatic carbocycles. The summed E-state index contributed by atoms with van der Waals surface area (Å²) < 4.78 is 11.5. The molecule has 0 fully saturated rings. The molecule has 0 spiro atoms. The van der Waals surface area contributed by atoms with Gasteiger partial charge in [-0.05, 0) is 0 Å². The summed E-state index contributed by atoms with van der Waals surface area (Å²) in [6.45, 7) is 12.3. The van der Waals surface area contributed by atoms with Crippen LogP contribution >= 0.6 is 0 Å². The average molecular weight is 244 g/mol. The van der Waals surface area contributed by atoms with E-state index >= 15 is 0 Å². The SMILES string of the molecule is C=CCOCC[N+](C)(CCO)CCOCC=C. The van der Waals surface area contributed by atoms with Crippen LogP contribution in [0.5, 0.6) is 0 Å². The van der Waals surface area contributed by atoms with Crippen LogP contribution in [0.4, 0.5) is 0 Å². The van der Waals surface area contributed by atoms with Crippen LogP contribution in [0.15, 0.2) is 25.3 Å². The largest absolute Gasteiger partial charge is 0.391 e. The van der Waals surface area contributed by atoms with Gasteiger partial charge >= 0.3 is 0 Å². The zero-order chi connectivity index (χ0) is 13.0. The maximum Gasteiger partial charge on any atom is 0.102 e. The number of likely N-dealkylation sites (N-methyl/N-ethyl adjacent to an activating group) is 1. The lowest BCUT2D eigenvalue weighted by Gasteiger charge is -2.33. The van der Waals surface area contributed by atoms with Crippen LogP contribution < -0.4 is 0 Å². The van der Waals surface area contributed by atoms with Crippen LogP contribution in [0.25, 0.3) is 0 Å². The Bertz CT molecular complexity index is 191. The van der Waals surface area contributed by atoms with Crippen LogP contribution in [-0.4, -0.2) is 69.3 Å². The summed E-state index contributed by atoms with van der Waals surface area (Å²) in [5, 5.41) is 9.08. The van der Waals surface area contributed by atoms with E-state index in [2.05, 4.69) is 20.2 Å². The third-order valence-corrected chi connectivity index (χ3v) is 2.66. The van der Waals surface area contributed by atoms with E-state index in [1.54, 1.807) is 12.2 Å². The molecule has 0 saturated heterocycles. The zero-order valence-electron chi connectivity index (χ0n) is 10.9. The Kier molecular flexibility index (Phi) is 10.1. The second-order valence-corrected chi connectivity index (χ2v) is 4.24. The van der Waals surface area contributed by atoms with Gasteiger partial charge < -0.3 is 19.1 Å². The number of hydrogen-bond acceptors (Lipinski definition) is 3. The number of rotatable bonds is 12. The van der Waals surface area contributed by atoms with Crippen LogP contribution in [0.2, 0.25) is 0 Å². The molecule has 0 aliphatic heterocycles. The van der Waals surface area contributed by atoms with E-state index in [1.165, 1.54) is 0 Å². The highest BCUT2D eigenvalue weighted by atomic mass is 16.5. The van der Waals surface area contributed by atoms with Crippen molar-refractivity contribution >= 4 is 0 Å². The van der Waals surface area contributed by atoms with Gasteiger partial charge in [0, 0.05) is 0 Å². The van der Waals surface area contributed by atoms with Crippen molar-refractivity contribution in [3.8, 4) is 0 Å². The Morgan fingerprint density at radius 3 is 1.82 bits per heavy atom. The first-order valence-corrected chi connectivity index (χ1v) is 6.00. The highest BCUT2D eigenvalue weighted by Gasteiger charge is 2.20. The topological polar surface area (TPSA) is 38.7 Å². The molecule has 4 nitrogen and oxygen atoms in total. The van der Waals surface area contributed by atoms with E-state index in [0.717, 1.165) is 24.1 Å². The second kappa shape index (κ2) is 10.5. The fraction of sp³-hybridized carbons (Fsp3) is 0.692. The highest BCUT2D eigenvalue weighted by Crippen LogP contribution is 2.02. The molecule has 0 heterocycles. The van der Waals surface area contributed by atoms with Gasteiger partial charge in [0.05, 0.1) is 40.1 Å². The van der Waals surface area contributed by atoms with Gasteiger partial charge in [-0.3, -0.25) is 0 Å². The van der Waals surface area contributed by atoms with Crippen molar-refractivity contribution in [1.82, 2.24) is 0 Å². The number of quaternary nitrogens is 1. The first kappa shape index (κ1) is 16.3. The summed E-state index contributed by atoms with van der Waals surface area (Å²) in [5.41, 5.74) is 0. The zero-order valence-corrected chi connectivity index (χ0v) is 10.9. The van der Waals surface area contributed by atoms with Crippen LogP contribution in [0.1, 0.15) is 0 Å². The van der Waals surface area contributed by atoms with Crippen molar-refractivity contribution in [1.29, 1.82) is 0 Å². The summed E-state index contributed by atoms with van der Waals surface area (Å²) >= 11 is 0. The summed E-state index contributed by atoms with van der Waals surface area (Å²) in [6.07, 6.45) is 3.48. The maximum absolute atomic E-state index is 9.08. The Morgan fingerprint density at radius 1 is 1.00 bits per heavy atom. The van der Waals surface area contributed by atoms with Crippen LogP contribution in [-0.2, 0) is 9.47 Å². The summed E-state index contributed by atoms with van der Waals surface area (Å²) in [7, 11) is 2.10. The first-order chi connectivity index (χ1) is 8.18. The molecule has 0 aromatic heterocycles. The molecule has 0 aliphatic carbocycles. The Balaban J connectivity index is 3.87. The molecule has 0 atom stereocenters. The molecule has 100 valence electrons. The second-order valence-electron chi connectivity index (χ2n) is 4.24. The number of aliphatic hydroxyl groups excluding tert-OH is 1. The number of aliphatic hydroxyl groups is 1. The van der Waals surface area contributed by atoms with Crippen LogP contribution in [0.3, 0.4) is 0 Å². The molecule has 0 aromatic rings. The molecule has 0 unspecified atom stereocenters. The monoisotopic (exact) mass is 244 g/mol. The van der Waals surface area contributed by atoms with Gasteiger partial charge in [0.1, 0.15) is 19.6 Å². The average Bonchev–Trinajstić information content (AvgIpc) is 2.31. The fourth-order valence-electron chi connectivity index (χ4n) is 1.48. The van der Waals surface area contributed by atoms with E-state index in [4.69, 9.17) is 14.6 Å². The molecule has 0 saturated carbocycles. The van der Waals surface area contributed by atoms with E-state index in [-0.39, 0.29) is 6.61 Å². The Labute approximate surface area is 105 Å². The third kappa shape index (κ3) is 9.06. The lowest BCUT2D eigenvalue weighted by atomic mass is 10.3. The first-order valence-electron chi connectivity index (χ1n) is 6.00. The Morgan fingerprint density at radius 2 is 1.47 bits per heavy atom. The minimum absolute atomic E-state index is 0.180. The van der Waals surface area contributed by atoms with Crippen molar-refractivity contribution in [2.24, 2.45) is 0 Å². The molecule has 4 heteroatoms. The Hall–Kier alpha value is -0.680. The molecule has 0 rings (SSSR count). The number of hydrogen-bond donors (Lipinski definition) is 1. The van der Waals surface area contributed by atoms with E-state index < -0.39 is 0 Å². The molecular weight excluding hydrogens is 218 g/mol. The van der Waals surface area contributed by atoms with E-state index in [0.29, 0.717) is 26.4 Å². The molecule has 1 N–H and O–H groups in total. The van der Waals surface area contributed by atoms with E-state index in [9.17, 15) is 0 Å². The third-order valence-electron chi connectivity index (χ3n) is 2.66. The summed E-state index contributed by atoms with van der Waals surface area (Å²) in [6, 6.07) is 0. The summed E-state index contributed by atoms with van der Waals surface area (Å²) in [4.78, 5) is 0. The minimum Gasteiger partial charge on any atom is -0.391 e. The fourth-order valence-corrected chi connectivity index (χ4v) is 1.48. The molecule has 0 aliphatic rings. The molecule has 0 amide bonds. The highest BCUT2D eigenvalue weighted by molar-refractivity contribution is 4.64. The molecule has 0 bridgehead atoms. The predicted molar refractivity (Wildman–Crippen MR) is 69.9 cm³/mol. The maximum atomic E-state index is 9.08. The van der Waals surface area contributed by atoms with Gasteiger partial charge in [0.2, 0.25) is 0 Å². The van der Waals surface area contributed by atoms with Gasteiger partial charge in [-0.15, -0.1) is 13.2 Å². The smallest absolute Gasteiger partial charge is 0.102 e. The standard InChI is InChI=1S/C13H26NO3/c1-4-10-16-12-7-14(3,6-9-15)8-13-17-11-5-2/h4-5,15H,1-2,6-13H2,3H3/q+1. The minimum atomic E-state index is 0.180. The molecule has 17 heavy (non-hydrogen) atoms. The van der Waals surface area contributed by atoms with Gasteiger partial charge in [-0.2, -0.15) is 0 Å². The number of ether oxygens (including phenoxy) is 2. The van der Waals surface area contributed by atoms with Gasteiger partial charge in [-0.1, -0.05) is 12.2 Å². The normalized spacial score (nSPS) is 11.4.